The smallest absolute Gasteiger partial charge is 0.326 e. The summed E-state index contributed by atoms with van der Waals surface area (Å²) >= 11 is 0. The molecule has 2 rings (SSSR count). The van der Waals surface area contributed by atoms with Crippen LogP contribution in [0.15, 0.2) is 30.3 Å². The van der Waals surface area contributed by atoms with Gasteiger partial charge in [-0.15, -0.1) is 0 Å². The van der Waals surface area contributed by atoms with Crippen molar-refractivity contribution >= 4 is 17.8 Å². The molecule has 0 radical (unpaired) electrons. The molecule has 1 amide bonds. The third kappa shape index (κ3) is 6.54. The van der Waals surface area contributed by atoms with Gasteiger partial charge in [-0.1, -0.05) is 36.8 Å². The number of rotatable bonds is 12. The molecular weight excluding hydrogens is 374 g/mol. The number of amides is 1. The molecule has 1 saturated heterocycles. The first-order chi connectivity index (χ1) is 14.0. The van der Waals surface area contributed by atoms with Crippen molar-refractivity contribution in [3.8, 4) is 0 Å². The molecule has 1 aliphatic rings. The van der Waals surface area contributed by atoms with E-state index < -0.39 is 29.9 Å². The van der Waals surface area contributed by atoms with Crippen molar-refractivity contribution in [1.29, 1.82) is 0 Å². The second-order valence-electron chi connectivity index (χ2n) is 7.41. The topological polar surface area (TPSA) is 133 Å². The van der Waals surface area contributed by atoms with Gasteiger partial charge in [-0.25, -0.2) is 4.79 Å². The number of nitrogens with two attached hydrogens (primary N) is 1. The lowest BCUT2D eigenvalue weighted by molar-refractivity contribution is -0.149. The van der Waals surface area contributed by atoms with Crippen molar-refractivity contribution in [2.45, 2.75) is 56.5 Å². The summed E-state index contributed by atoms with van der Waals surface area (Å²) < 4.78 is 0. The second-order valence-corrected chi connectivity index (χ2v) is 7.41. The number of nitrogens with one attached hydrogen (secondary N) is 1. The number of likely N-dealkylation sites (tertiary alicyclic amines) is 1. The highest BCUT2D eigenvalue weighted by molar-refractivity contribution is 5.87. The van der Waals surface area contributed by atoms with E-state index in [-0.39, 0.29) is 5.91 Å². The van der Waals surface area contributed by atoms with Crippen molar-refractivity contribution in [2.75, 3.05) is 19.6 Å². The van der Waals surface area contributed by atoms with Gasteiger partial charge in [0.1, 0.15) is 6.04 Å². The Kier molecular flexibility index (Phi) is 9.08. The predicted molar refractivity (Wildman–Crippen MR) is 109 cm³/mol. The highest BCUT2D eigenvalue weighted by Crippen LogP contribution is 2.21. The van der Waals surface area contributed by atoms with E-state index in [1.807, 2.05) is 6.07 Å². The van der Waals surface area contributed by atoms with Crippen LogP contribution in [0.25, 0.3) is 0 Å². The first-order valence-electron chi connectivity index (χ1n) is 10.2. The molecule has 0 aliphatic carbocycles. The number of carboxylic acids is 2. The minimum absolute atomic E-state index is 0.224. The lowest BCUT2D eigenvalue weighted by atomic mass is 9.95. The van der Waals surface area contributed by atoms with Crippen LogP contribution in [0.5, 0.6) is 0 Å². The highest BCUT2D eigenvalue weighted by atomic mass is 16.4. The van der Waals surface area contributed by atoms with Crippen molar-refractivity contribution in [3.63, 3.8) is 0 Å². The number of unbranched alkanes of at least 4 members (excludes halogenated alkanes) is 1. The first-order valence-corrected chi connectivity index (χ1v) is 10.2. The highest BCUT2D eigenvalue weighted by Gasteiger charge is 2.36. The van der Waals surface area contributed by atoms with Gasteiger partial charge in [-0.05, 0) is 50.8 Å². The van der Waals surface area contributed by atoms with E-state index >= 15 is 0 Å². The van der Waals surface area contributed by atoms with E-state index in [1.165, 1.54) is 4.90 Å². The molecule has 1 heterocycles. The lowest BCUT2D eigenvalue weighted by Gasteiger charge is -2.28. The van der Waals surface area contributed by atoms with Gasteiger partial charge in [0.15, 0.2) is 0 Å². The van der Waals surface area contributed by atoms with Crippen LogP contribution in [0.2, 0.25) is 0 Å². The van der Waals surface area contributed by atoms with Crippen molar-refractivity contribution in [1.82, 2.24) is 10.2 Å². The van der Waals surface area contributed by atoms with Gasteiger partial charge in [0.2, 0.25) is 5.91 Å². The van der Waals surface area contributed by atoms with Crippen LogP contribution in [-0.2, 0) is 14.4 Å². The van der Waals surface area contributed by atoms with Gasteiger partial charge >= 0.3 is 11.9 Å². The maximum atomic E-state index is 13.0. The molecule has 3 atom stereocenters. The average Bonchev–Trinajstić information content (AvgIpc) is 3.20. The Bertz CT molecular complexity index is 682. The Balaban J connectivity index is 2.01. The summed E-state index contributed by atoms with van der Waals surface area (Å²) in [5, 5.41) is 22.1. The quantitative estimate of drug-likeness (QED) is 0.386. The Morgan fingerprint density at radius 3 is 2.48 bits per heavy atom. The molecule has 0 unspecified atom stereocenters. The standard InChI is InChI=1S/C21H31N3O5/c22-12-5-4-9-17(19(25)24-14-6-10-18(24)21(28)29)23-13-11-16(20(26)27)15-7-2-1-3-8-15/h1-3,7-8,16-18,23H,4-6,9-14,22H2,(H,26,27)(H,28,29)/t16-,17-,18-/m0/s1. The summed E-state index contributed by atoms with van der Waals surface area (Å²) in [6.07, 6.45) is 3.53. The van der Waals surface area contributed by atoms with E-state index in [0.29, 0.717) is 45.3 Å². The largest absolute Gasteiger partial charge is 0.481 e. The van der Waals surface area contributed by atoms with E-state index in [1.54, 1.807) is 24.3 Å². The van der Waals surface area contributed by atoms with Gasteiger partial charge in [0.05, 0.1) is 12.0 Å². The summed E-state index contributed by atoms with van der Waals surface area (Å²) in [6.45, 7) is 1.31. The maximum absolute atomic E-state index is 13.0. The summed E-state index contributed by atoms with van der Waals surface area (Å²) in [5.74, 6) is -2.78. The van der Waals surface area contributed by atoms with Crippen LogP contribution in [0.1, 0.15) is 50.0 Å². The Morgan fingerprint density at radius 1 is 1.14 bits per heavy atom. The van der Waals surface area contributed by atoms with Crippen molar-refractivity contribution in [2.24, 2.45) is 5.73 Å². The number of carboxylic acid groups (broad SMARTS) is 2. The SMILES string of the molecule is NCCCC[C@H](NCC[C@H](C(=O)O)c1ccccc1)C(=O)N1CCC[C@H]1C(=O)O. The molecule has 29 heavy (non-hydrogen) atoms. The number of hydrogen-bond donors (Lipinski definition) is 4. The molecule has 1 aliphatic heterocycles. The second kappa shape index (κ2) is 11.5. The Labute approximate surface area is 171 Å². The van der Waals surface area contributed by atoms with Crippen molar-refractivity contribution in [3.05, 3.63) is 35.9 Å². The zero-order valence-corrected chi connectivity index (χ0v) is 16.6. The van der Waals surface area contributed by atoms with Crippen LogP contribution < -0.4 is 11.1 Å². The molecule has 0 spiro atoms. The van der Waals surface area contributed by atoms with E-state index in [9.17, 15) is 24.6 Å². The Morgan fingerprint density at radius 2 is 1.86 bits per heavy atom. The minimum Gasteiger partial charge on any atom is -0.481 e. The molecule has 8 nitrogen and oxygen atoms in total. The molecule has 0 saturated carbocycles. The van der Waals surface area contributed by atoms with Gasteiger partial charge in [0.25, 0.3) is 0 Å². The maximum Gasteiger partial charge on any atom is 0.326 e. The van der Waals surface area contributed by atoms with Gasteiger partial charge < -0.3 is 26.2 Å². The Hall–Kier alpha value is -2.45. The lowest BCUT2D eigenvalue weighted by Crippen LogP contribution is -2.50. The summed E-state index contributed by atoms with van der Waals surface area (Å²) in [7, 11) is 0. The molecule has 1 aromatic carbocycles. The zero-order chi connectivity index (χ0) is 21.2. The average molecular weight is 405 g/mol. The fraction of sp³-hybridized carbons (Fsp3) is 0.571. The predicted octanol–water partition coefficient (Wildman–Crippen LogP) is 1.41. The van der Waals surface area contributed by atoms with Gasteiger partial charge in [0, 0.05) is 6.54 Å². The molecule has 1 aromatic rings. The van der Waals surface area contributed by atoms with Crippen LogP contribution in [0.3, 0.4) is 0 Å². The molecule has 0 aromatic heterocycles. The molecule has 8 heteroatoms. The van der Waals surface area contributed by atoms with E-state index in [0.717, 1.165) is 18.4 Å². The van der Waals surface area contributed by atoms with E-state index in [4.69, 9.17) is 5.73 Å². The summed E-state index contributed by atoms with van der Waals surface area (Å²) in [6, 6.07) is 7.69. The molecular formula is C21H31N3O5. The number of aliphatic carboxylic acids is 2. The number of carbonyl (C=O) groups excluding carboxylic acids is 1. The van der Waals surface area contributed by atoms with Crippen LogP contribution >= 0.6 is 0 Å². The van der Waals surface area contributed by atoms with Crippen LogP contribution in [0, 0.1) is 0 Å². The fourth-order valence-electron chi connectivity index (χ4n) is 3.81. The fourth-order valence-corrected chi connectivity index (χ4v) is 3.81. The van der Waals surface area contributed by atoms with Crippen LogP contribution in [0.4, 0.5) is 0 Å². The molecule has 1 fully saturated rings. The van der Waals surface area contributed by atoms with Crippen LogP contribution in [-0.4, -0.2) is 64.7 Å². The molecule has 160 valence electrons. The van der Waals surface area contributed by atoms with Gasteiger partial charge in [-0.2, -0.15) is 0 Å². The van der Waals surface area contributed by atoms with E-state index in [2.05, 4.69) is 5.32 Å². The third-order valence-corrected chi connectivity index (χ3v) is 5.39. The number of nitrogens with zero attached hydrogens (tertiary/aromatic N) is 1. The van der Waals surface area contributed by atoms with Gasteiger partial charge in [-0.3, -0.25) is 9.59 Å². The number of hydrogen-bond acceptors (Lipinski definition) is 5. The first kappa shape index (κ1) is 22.8. The zero-order valence-electron chi connectivity index (χ0n) is 16.6. The number of carbonyl (C=O) groups is 3. The molecule has 5 N–H and O–H groups in total. The summed E-state index contributed by atoms with van der Waals surface area (Å²) in [5.41, 5.74) is 6.27. The normalized spacial score (nSPS) is 18.4. The van der Waals surface area contributed by atoms with Crippen molar-refractivity contribution < 1.29 is 24.6 Å². The number of benzene rings is 1. The minimum atomic E-state index is -0.980. The molecule has 0 bridgehead atoms. The monoisotopic (exact) mass is 405 g/mol. The summed E-state index contributed by atoms with van der Waals surface area (Å²) in [4.78, 5) is 37.5. The third-order valence-electron chi connectivity index (χ3n) is 5.39.